The van der Waals surface area contributed by atoms with Crippen LogP contribution in [0.4, 0.5) is 16.2 Å². The Bertz CT molecular complexity index is 588. The van der Waals surface area contributed by atoms with Crippen molar-refractivity contribution < 1.29 is 4.79 Å². The first-order valence-corrected chi connectivity index (χ1v) is 6.80. The molecule has 2 aromatic carbocycles. The predicted octanol–water partition coefficient (Wildman–Crippen LogP) is 4.76. The molecule has 0 saturated heterocycles. The number of nitrogens with one attached hydrogen (secondary N) is 2. The molecule has 3 nitrogen and oxygen atoms in total. The molecule has 20 heavy (non-hydrogen) atoms. The van der Waals surface area contributed by atoms with Gasteiger partial charge in [0.05, 0.1) is 0 Å². The first-order chi connectivity index (χ1) is 9.56. The first-order valence-electron chi connectivity index (χ1n) is 6.80. The Labute approximate surface area is 120 Å². The van der Waals surface area contributed by atoms with Crippen molar-refractivity contribution in [1.29, 1.82) is 0 Å². The second-order valence-electron chi connectivity index (χ2n) is 5.17. The number of rotatable bonds is 3. The standard InChI is InChI=1S/C17H20N2O/c1-12(2)14-8-10-15(11-9-14)18-17(20)19-16-7-5-4-6-13(16)3/h4-12H,1-3H3,(H2,18,19,20). The molecular formula is C17H20N2O. The third-order valence-electron chi connectivity index (χ3n) is 3.23. The molecule has 0 bridgehead atoms. The fourth-order valence-corrected chi connectivity index (χ4v) is 1.95. The van der Waals surface area contributed by atoms with Crippen molar-refractivity contribution in [2.45, 2.75) is 26.7 Å². The first kappa shape index (κ1) is 14.1. The summed E-state index contributed by atoms with van der Waals surface area (Å²) in [5.74, 6) is 0.491. The number of anilines is 2. The van der Waals surface area contributed by atoms with Gasteiger partial charge in [-0.25, -0.2) is 4.79 Å². The van der Waals surface area contributed by atoms with E-state index in [0.29, 0.717) is 5.92 Å². The Morgan fingerprint density at radius 3 is 2.20 bits per heavy atom. The van der Waals surface area contributed by atoms with Crippen LogP contribution >= 0.6 is 0 Å². The third kappa shape index (κ3) is 3.60. The highest BCUT2D eigenvalue weighted by molar-refractivity contribution is 6.00. The van der Waals surface area contributed by atoms with Crippen LogP contribution in [-0.4, -0.2) is 6.03 Å². The molecule has 0 aromatic heterocycles. The van der Waals surface area contributed by atoms with E-state index in [-0.39, 0.29) is 6.03 Å². The SMILES string of the molecule is Cc1ccccc1NC(=O)Nc1ccc(C(C)C)cc1. The summed E-state index contributed by atoms with van der Waals surface area (Å²) >= 11 is 0. The molecular weight excluding hydrogens is 248 g/mol. The lowest BCUT2D eigenvalue weighted by Gasteiger charge is -2.11. The summed E-state index contributed by atoms with van der Waals surface area (Å²) in [5.41, 5.74) is 3.91. The normalized spacial score (nSPS) is 10.4. The molecule has 0 saturated carbocycles. The Kier molecular flexibility index (Phi) is 4.41. The average Bonchev–Trinajstić information content (AvgIpc) is 2.42. The van der Waals surface area contributed by atoms with E-state index in [9.17, 15) is 4.79 Å². The van der Waals surface area contributed by atoms with Gasteiger partial charge in [0.15, 0.2) is 0 Å². The number of aryl methyl sites for hydroxylation is 1. The van der Waals surface area contributed by atoms with E-state index in [1.165, 1.54) is 5.56 Å². The molecule has 2 rings (SSSR count). The Morgan fingerprint density at radius 2 is 1.60 bits per heavy atom. The zero-order valence-corrected chi connectivity index (χ0v) is 12.1. The van der Waals surface area contributed by atoms with Gasteiger partial charge in [-0.05, 0) is 42.2 Å². The van der Waals surface area contributed by atoms with Crippen LogP contribution in [0.1, 0.15) is 30.9 Å². The lowest BCUT2D eigenvalue weighted by atomic mass is 10.0. The summed E-state index contributed by atoms with van der Waals surface area (Å²) in [6.07, 6.45) is 0. The van der Waals surface area contributed by atoms with Gasteiger partial charge in [-0.2, -0.15) is 0 Å². The molecule has 0 radical (unpaired) electrons. The fraction of sp³-hybridized carbons (Fsp3) is 0.235. The van der Waals surface area contributed by atoms with Crippen molar-refractivity contribution in [2.75, 3.05) is 10.6 Å². The Hall–Kier alpha value is -2.29. The number of hydrogen-bond acceptors (Lipinski definition) is 1. The summed E-state index contributed by atoms with van der Waals surface area (Å²) < 4.78 is 0. The van der Waals surface area contributed by atoms with E-state index in [1.807, 2.05) is 55.5 Å². The van der Waals surface area contributed by atoms with Gasteiger partial charge in [-0.1, -0.05) is 44.2 Å². The number of para-hydroxylation sites is 1. The van der Waals surface area contributed by atoms with Gasteiger partial charge in [0.1, 0.15) is 0 Å². The smallest absolute Gasteiger partial charge is 0.308 e. The van der Waals surface area contributed by atoms with Crippen LogP contribution in [0, 0.1) is 6.92 Å². The van der Waals surface area contributed by atoms with Crippen molar-refractivity contribution in [2.24, 2.45) is 0 Å². The molecule has 0 aliphatic rings. The summed E-state index contributed by atoms with van der Waals surface area (Å²) in [6, 6.07) is 15.4. The predicted molar refractivity (Wildman–Crippen MR) is 84.4 cm³/mol. The number of hydrogen-bond donors (Lipinski definition) is 2. The van der Waals surface area contributed by atoms with E-state index in [1.54, 1.807) is 0 Å². The minimum atomic E-state index is -0.225. The second kappa shape index (κ2) is 6.24. The Balaban J connectivity index is 1.99. The van der Waals surface area contributed by atoms with Gasteiger partial charge in [0, 0.05) is 11.4 Å². The Morgan fingerprint density at radius 1 is 0.950 bits per heavy atom. The number of amides is 2. The number of carbonyl (C=O) groups is 1. The summed E-state index contributed by atoms with van der Waals surface area (Å²) in [6.45, 7) is 6.26. The fourth-order valence-electron chi connectivity index (χ4n) is 1.95. The topological polar surface area (TPSA) is 41.1 Å². The molecule has 2 aromatic rings. The van der Waals surface area contributed by atoms with Gasteiger partial charge in [-0.3, -0.25) is 0 Å². The minimum absolute atomic E-state index is 0.225. The van der Waals surface area contributed by atoms with Crippen molar-refractivity contribution in [3.63, 3.8) is 0 Å². The molecule has 0 aliphatic heterocycles. The number of benzene rings is 2. The van der Waals surface area contributed by atoms with Crippen LogP contribution in [0.25, 0.3) is 0 Å². The summed E-state index contributed by atoms with van der Waals surface area (Å²) in [4.78, 5) is 11.9. The monoisotopic (exact) mass is 268 g/mol. The maximum Gasteiger partial charge on any atom is 0.323 e. The van der Waals surface area contributed by atoms with Crippen LogP contribution in [0.5, 0.6) is 0 Å². The van der Waals surface area contributed by atoms with Crippen LogP contribution in [0.15, 0.2) is 48.5 Å². The van der Waals surface area contributed by atoms with Crippen molar-refractivity contribution in [3.8, 4) is 0 Å². The van der Waals surface area contributed by atoms with Crippen molar-refractivity contribution in [1.82, 2.24) is 0 Å². The molecule has 0 fully saturated rings. The van der Waals surface area contributed by atoms with E-state index in [4.69, 9.17) is 0 Å². The maximum absolute atomic E-state index is 11.9. The van der Waals surface area contributed by atoms with Crippen molar-refractivity contribution >= 4 is 17.4 Å². The molecule has 2 amide bonds. The lowest BCUT2D eigenvalue weighted by molar-refractivity contribution is 0.262. The number of carbonyl (C=O) groups excluding carboxylic acids is 1. The molecule has 0 heterocycles. The molecule has 0 spiro atoms. The highest BCUT2D eigenvalue weighted by atomic mass is 16.2. The largest absolute Gasteiger partial charge is 0.323 e. The van der Waals surface area contributed by atoms with E-state index in [2.05, 4.69) is 24.5 Å². The van der Waals surface area contributed by atoms with Gasteiger partial charge >= 0.3 is 6.03 Å². The maximum atomic E-state index is 11.9. The highest BCUT2D eigenvalue weighted by Gasteiger charge is 2.05. The van der Waals surface area contributed by atoms with Gasteiger partial charge in [0.2, 0.25) is 0 Å². The van der Waals surface area contributed by atoms with Crippen LogP contribution in [0.2, 0.25) is 0 Å². The third-order valence-corrected chi connectivity index (χ3v) is 3.23. The van der Waals surface area contributed by atoms with Gasteiger partial charge in [-0.15, -0.1) is 0 Å². The van der Waals surface area contributed by atoms with E-state index < -0.39 is 0 Å². The average molecular weight is 268 g/mol. The van der Waals surface area contributed by atoms with Gasteiger partial charge < -0.3 is 10.6 Å². The lowest BCUT2D eigenvalue weighted by Crippen LogP contribution is -2.19. The summed E-state index contributed by atoms with van der Waals surface area (Å²) in [5, 5.41) is 5.68. The summed E-state index contributed by atoms with van der Waals surface area (Å²) in [7, 11) is 0. The van der Waals surface area contributed by atoms with Crippen LogP contribution < -0.4 is 10.6 Å². The zero-order valence-electron chi connectivity index (χ0n) is 12.1. The second-order valence-corrected chi connectivity index (χ2v) is 5.17. The zero-order chi connectivity index (χ0) is 14.5. The van der Waals surface area contributed by atoms with Gasteiger partial charge in [0.25, 0.3) is 0 Å². The highest BCUT2D eigenvalue weighted by Crippen LogP contribution is 2.18. The van der Waals surface area contributed by atoms with Crippen LogP contribution in [-0.2, 0) is 0 Å². The van der Waals surface area contributed by atoms with E-state index in [0.717, 1.165) is 16.9 Å². The molecule has 0 aliphatic carbocycles. The molecule has 0 atom stereocenters. The quantitative estimate of drug-likeness (QED) is 0.827. The van der Waals surface area contributed by atoms with E-state index >= 15 is 0 Å². The van der Waals surface area contributed by atoms with Crippen LogP contribution in [0.3, 0.4) is 0 Å². The molecule has 0 unspecified atom stereocenters. The van der Waals surface area contributed by atoms with Crippen molar-refractivity contribution in [3.05, 3.63) is 59.7 Å². The molecule has 3 heteroatoms. The number of urea groups is 1. The molecule has 2 N–H and O–H groups in total. The minimum Gasteiger partial charge on any atom is -0.308 e. The molecule has 104 valence electrons.